The molecule has 0 fully saturated rings. The Morgan fingerprint density at radius 3 is 2.36 bits per heavy atom. The van der Waals surface area contributed by atoms with Crippen LogP contribution in [0, 0.1) is 0 Å². The SMILES string of the molecule is CCN(CN)c1ccccc1. The monoisotopic (exact) mass is 150 g/mol. The second kappa shape index (κ2) is 3.98. The Kier molecular flexibility index (Phi) is 2.93. The highest BCUT2D eigenvalue weighted by Crippen LogP contribution is 2.10. The maximum Gasteiger partial charge on any atom is 0.0656 e. The molecule has 0 saturated heterocycles. The van der Waals surface area contributed by atoms with Crippen molar-refractivity contribution in [2.24, 2.45) is 5.73 Å². The Morgan fingerprint density at radius 2 is 1.91 bits per heavy atom. The highest BCUT2D eigenvalue weighted by Gasteiger charge is 1.97. The number of rotatable bonds is 3. The van der Waals surface area contributed by atoms with Crippen LogP contribution in [0.25, 0.3) is 0 Å². The first-order valence-corrected chi connectivity index (χ1v) is 3.88. The molecule has 2 N–H and O–H groups in total. The van der Waals surface area contributed by atoms with Crippen molar-refractivity contribution in [2.75, 3.05) is 18.1 Å². The quantitative estimate of drug-likeness (QED) is 0.660. The van der Waals surface area contributed by atoms with E-state index >= 15 is 0 Å². The minimum atomic E-state index is 0.584. The number of nitrogens with zero attached hydrogens (tertiary/aromatic N) is 1. The zero-order valence-electron chi connectivity index (χ0n) is 6.83. The average Bonchev–Trinajstić information content (AvgIpc) is 2.09. The minimum Gasteiger partial charge on any atom is -0.359 e. The van der Waals surface area contributed by atoms with Gasteiger partial charge in [0.15, 0.2) is 0 Å². The molecule has 0 radical (unpaired) electrons. The Balaban J connectivity index is 2.74. The lowest BCUT2D eigenvalue weighted by Crippen LogP contribution is -2.29. The zero-order chi connectivity index (χ0) is 8.10. The van der Waals surface area contributed by atoms with Crippen molar-refractivity contribution in [2.45, 2.75) is 6.92 Å². The lowest BCUT2D eigenvalue weighted by Gasteiger charge is -2.19. The molecule has 0 aliphatic heterocycles. The van der Waals surface area contributed by atoms with E-state index in [2.05, 4.69) is 24.0 Å². The largest absolute Gasteiger partial charge is 0.359 e. The van der Waals surface area contributed by atoms with E-state index < -0.39 is 0 Å². The summed E-state index contributed by atoms with van der Waals surface area (Å²) in [4.78, 5) is 2.11. The summed E-state index contributed by atoms with van der Waals surface area (Å²) in [5.74, 6) is 0. The summed E-state index contributed by atoms with van der Waals surface area (Å²) in [6.07, 6.45) is 0. The third-order valence-electron chi connectivity index (χ3n) is 1.72. The third kappa shape index (κ3) is 1.95. The van der Waals surface area contributed by atoms with E-state index in [0.717, 1.165) is 6.54 Å². The molecule has 0 aromatic heterocycles. The van der Waals surface area contributed by atoms with Crippen LogP contribution in [0.5, 0.6) is 0 Å². The molecule has 11 heavy (non-hydrogen) atoms. The summed E-state index contributed by atoms with van der Waals surface area (Å²) in [6.45, 7) is 3.64. The fraction of sp³-hybridized carbons (Fsp3) is 0.333. The summed E-state index contributed by atoms with van der Waals surface area (Å²) in [6, 6.07) is 10.2. The lowest BCUT2D eigenvalue weighted by molar-refractivity contribution is 0.843. The molecule has 0 bridgehead atoms. The number of para-hydroxylation sites is 1. The zero-order valence-corrected chi connectivity index (χ0v) is 6.83. The van der Waals surface area contributed by atoms with Gasteiger partial charge in [0, 0.05) is 12.2 Å². The first-order valence-electron chi connectivity index (χ1n) is 3.88. The van der Waals surface area contributed by atoms with Gasteiger partial charge in [-0.1, -0.05) is 18.2 Å². The molecule has 2 nitrogen and oxygen atoms in total. The van der Waals surface area contributed by atoms with Crippen LogP contribution in [0.15, 0.2) is 30.3 Å². The van der Waals surface area contributed by atoms with Gasteiger partial charge in [0.1, 0.15) is 0 Å². The predicted molar refractivity (Wildman–Crippen MR) is 48.5 cm³/mol. The molecule has 0 saturated carbocycles. The van der Waals surface area contributed by atoms with Crippen molar-refractivity contribution < 1.29 is 0 Å². The number of benzene rings is 1. The summed E-state index contributed by atoms with van der Waals surface area (Å²) in [7, 11) is 0. The molecule has 2 heteroatoms. The molecule has 1 aromatic carbocycles. The molecule has 1 aromatic rings. The van der Waals surface area contributed by atoms with E-state index in [0.29, 0.717) is 6.67 Å². The van der Waals surface area contributed by atoms with Crippen LogP contribution in [-0.4, -0.2) is 13.2 Å². The van der Waals surface area contributed by atoms with Crippen LogP contribution >= 0.6 is 0 Å². The first kappa shape index (κ1) is 8.08. The Labute approximate surface area is 67.6 Å². The van der Waals surface area contributed by atoms with Gasteiger partial charge < -0.3 is 10.6 Å². The third-order valence-corrected chi connectivity index (χ3v) is 1.72. The van der Waals surface area contributed by atoms with Gasteiger partial charge in [0.25, 0.3) is 0 Å². The van der Waals surface area contributed by atoms with E-state index in [1.807, 2.05) is 18.2 Å². The van der Waals surface area contributed by atoms with Crippen molar-refractivity contribution in [1.29, 1.82) is 0 Å². The maximum absolute atomic E-state index is 5.54. The molecule has 0 unspecified atom stereocenters. The van der Waals surface area contributed by atoms with Gasteiger partial charge in [-0.25, -0.2) is 0 Å². The van der Waals surface area contributed by atoms with Crippen LogP contribution in [0.2, 0.25) is 0 Å². The number of anilines is 1. The normalized spacial score (nSPS) is 9.64. The first-order chi connectivity index (χ1) is 5.38. The van der Waals surface area contributed by atoms with Crippen molar-refractivity contribution >= 4 is 5.69 Å². The molecule has 0 heterocycles. The van der Waals surface area contributed by atoms with Gasteiger partial charge in [0.05, 0.1) is 6.67 Å². The topological polar surface area (TPSA) is 29.3 Å². The Hall–Kier alpha value is -1.02. The summed E-state index contributed by atoms with van der Waals surface area (Å²) in [5, 5.41) is 0. The summed E-state index contributed by atoms with van der Waals surface area (Å²) in [5.41, 5.74) is 6.73. The van der Waals surface area contributed by atoms with E-state index in [1.54, 1.807) is 0 Å². The maximum atomic E-state index is 5.54. The van der Waals surface area contributed by atoms with E-state index in [1.165, 1.54) is 5.69 Å². The van der Waals surface area contributed by atoms with Crippen molar-refractivity contribution in [1.82, 2.24) is 0 Å². The van der Waals surface area contributed by atoms with Crippen molar-refractivity contribution in [3.8, 4) is 0 Å². The van der Waals surface area contributed by atoms with Gasteiger partial charge in [-0.15, -0.1) is 0 Å². The molecule has 0 aliphatic rings. The molecular weight excluding hydrogens is 136 g/mol. The van der Waals surface area contributed by atoms with E-state index in [9.17, 15) is 0 Å². The number of hydrogen-bond acceptors (Lipinski definition) is 2. The van der Waals surface area contributed by atoms with Crippen LogP contribution in [0.4, 0.5) is 5.69 Å². The molecule has 1 rings (SSSR count). The van der Waals surface area contributed by atoms with E-state index in [-0.39, 0.29) is 0 Å². The fourth-order valence-electron chi connectivity index (χ4n) is 1.06. The fourth-order valence-corrected chi connectivity index (χ4v) is 1.06. The molecule has 0 amide bonds. The van der Waals surface area contributed by atoms with Crippen LogP contribution in [-0.2, 0) is 0 Å². The second-order valence-electron chi connectivity index (χ2n) is 2.37. The Bertz CT molecular complexity index is 192. The second-order valence-corrected chi connectivity index (χ2v) is 2.37. The van der Waals surface area contributed by atoms with Crippen molar-refractivity contribution in [3.05, 3.63) is 30.3 Å². The lowest BCUT2D eigenvalue weighted by atomic mass is 10.3. The number of hydrogen-bond donors (Lipinski definition) is 1. The highest BCUT2D eigenvalue weighted by atomic mass is 15.2. The van der Waals surface area contributed by atoms with Crippen molar-refractivity contribution in [3.63, 3.8) is 0 Å². The molecular formula is C9H14N2. The molecule has 0 spiro atoms. The van der Waals surface area contributed by atoms with Gasteiger partial charge in [-0.3, -0.25) is 0 Å². The van der Waals surface area contributed by atoms with Gasteiger partial charge in [0.2, 0.25) is 0 Å². The number of nitrogens with two attached hydrogens (primary N) is 1. The highest BCUT2D eigenvalue weighted by molar-refractivity contribution is 5.45. The summed E-state index contributed by atoms with van der Waals surface area (Å²) < 4.78 is 0. The molecule has 0 aliphatic carbocycles. The average molecular weight is 150 g/mol. The Morgan fingerprint density at radius 1 is 1.27 bits per heavy atom. The minimum absolute atomic E-state index is 0.584. The predicted octanol–water partition coefficient (Wildman–Crippen LogP) is 1.43. The smallest absolute Gasteiger partial charge is 0.0656 e. The molecule has 60 valence electrons. The van der Waals surface area contributed by atoms with Gasteiger partial charge >= 0.3 is 0 Å². The van der Waals surface area contributed by atoms with E-state index in [4.69, 9.17) is 5.73 Å². The summed E-state index contributed by atoms with van der Waals surface area (Å²) >= 11 is 0. The standard InChI is InChI=1S/C9H14N2/c1-2-11(8-10)9-6-4-3-5-7-9/h3-7H,2,8,10H2,1H3. The molecule has 0 atom stereocenters. The van der Waals surface area contributed by atoms with Crippen LogP contribution in [0.1, 0.15) is 6.92 Å². The van der Waals surface area contributed by atoms with Crippen LogP contribution < -0.4 is 10.6 Å². The van der Waals surface area contributed by atoms with Gasteiger partial charge in [-0.05, 0) is 19.1 Å². The van der Waals surface area contributed by atoms with Crippen LogP contribution in [0.3, 0.4) is 0 Å². The van der Waals surface area contributed by atoms with Gasteiger partial charge in [-0.2, -0.15) is 0 Å².